The zero-order valence-electron chi connectivity index (χ0n) is 13.4. The summed E-state index contributed by atoms with van der Waals surface area (Å²) in [5.41, 5.74) is 2.05. The van der Waals surface area contributed by atoms with Crippen molar-refractivity contribution in [1.82, 2.24) is 14.8 Å². The number of hydrogen-bond acceptors (Lipinski definition) is 4. The second-order valence-corrected chi connectivity index (χ2v) is 6.69. The fourth-order valence-corrected chi connectivity index (χ4v) is 2.86. The maximum Gasteiger partial charge on any atom is 0.410 e. The van der Waals surface area contributed by atoms with Gasteiger partial charge in [0.15, 0.2) is 0 Å². The van der Waals surface area contributed by atoms with Crippen LogP contribution in [0.5, 0.6) is 0 Å². The number of ether oxygens (including phenoxy) is 1. The molecule has 0 bridgehead atoms. The molecule has 5 nitrogen and oxygen atoms in total. The number of benzene rings is 1. The number of carbonyl (C=O) groups is 1. The van der Waals surface area contributed by atoms with Gasteiger partial charge in [-0.2, -0.15) is 0 Å². The third kappa shape index (κ3) is 4.79. The Labute approximate surface area is 150 Å². The van der Waals surface area contributed by atoms with E-state index in [1.807, 2.05) is 48.7 Å². The number of pyridine rings is 1. The molecule has 1 amide bonds. The van der Waals surface area contributed by atoms with Crippen LogP contribution in [0.2, 0.25) is 0 Å². The molecule has 1 saturated heterocycles. The molecule has 1 fully saturated rings. The summed E-state index contributed by atoms with van der Waals surface area (Å²) < 4.78 is 6.37. The fourth-order valence-electron chi connectivity index (χ4n) is 2.63. The molecule has 1 aliphatic heterocycles. The first-order valence-corrected chi connectivity index (χ1v) is 8.78. The summed E-state index contributed by atoms with van der Waals surface area (Å²) in [5, 5.41) is 0. The lowest BCUT2D eigenvalue weighted by molar-refractivity contribution is 0.0698. The maximum atomic E-state index is 12.1. The number of piperazine rings is 1. The SMILES string of the molecule is O=C(OCc1ccccc1)N1CCN(Cc2ccc(Br)cn2)CC1. The Bertz CT molecular complexity index is 656. The van der Waals surface area contributed by atoms with Crippen molar-refractivity contribution >= 4 is 22.0 Å². The summed E-state index contributed by atoms with van der Waals surface area (Å²) in [7, 11) is 0. The van der Waals surface area contributed by atoms with Crippen LogP contribution >= 0.6 is 15.9 Å². The zero-order chi connectivity index (χ0) is 16.8. The molecule has 0 N–H and O–H groups in total. The van der Waals surface area contributed by atoms with Crippen LogP contribution < -0.4 is 0 Å². The van der Waals surface area contributed by atoms with Gasteiger partial charge < -0.3 is 9.64 Å². The first-order valence-electron chi connectivity index (χ1n) is 7.99. The Balaban J connectivity index is 1.42. The Morgan fingerprint density at radius 3 is 2.50 bits per heavy atom. The molecule has 2 heterocycles. The van der Waals surface area contributed by atoms with Gasteiger partial charge in [0, 0.05) is 43.4 Å². The lowest BCUT2D eigenvalue weighted by Crippen LogP contribution is -2.48. The van der Waals surface area contributed by atoms with E-state index in [0.29, 0.717) is 19.7 Å². The number of aromatic nitrogens is 1. The van der Waals surface area contributed by atoms with Gasteiger partial charge in [0.2, 0.25) is 0 Å². The lowest BCUT2D eigenvalue weighted by Gasteiger charge is -2.33. The van der Waals surface area contributed by atoms with Gasteiger partial charge in [-0.1, -0.05) is 30.3 Å². The van der Waals surface area contributed by atoms with E-state index in [0.717, 1.165) is 35.4 Å². The summed E-state index contributed by atoms with van der Waals surface area (Å²) in [6.45, 7) is 4.16. The summed E-state index contributed by atoms with van der Waals surface area (Å²) in [4.78, 5) is 20.6. The zero-order valence-corrected chi connectivity index (χ0v) is 15.0. The molecule has 0 saturated carbocycles. The third-order valence-corrected chi connectivity index (χ3v) is 4.48. The van der Waals surface area contributed by atoms with Gasteiger partial charge in [-0.3, -0.25) is 9.88 Å². The topological polar surface area (TPSA) is 45.7 Å². The van der Waals surface area contributed by atoms with Crippen LogP contribution in [0, 0.1) is 0 Å². The maximum absolute atomic E-state index is 12.1. The number of carbonyl (C=O) groups excluding carboxylic acids is 1. The molecule has 1 aromatic heterocycles. The lowest BCUT2D eigenvalue weighted by atomic mass is 10.2. The largest absolute Gasteiger partial charge is 0.445 e. The van der Waals surface area contributed by atoms with Crippen LogP contribution in [0.4, 0.5) is 4.79 Å². The van der Waals surface area contributed by atoms with Crippen LogP contribution in [0.15, 0.2) is 53.1 Å². The first kappa shape index (κ1) is 16.9. The van der Waals surface area contributed by atoms with Crippen molar-refractivity contribution in [1.29, 1.82) is 0 Å². The van der Waals surface area contributed by atoms with Crippen molar-refractivity contribution < 1.29 is 9.53 Å². The molecule has 1 aromatic carbocycles. The predicted octanol–water partition coefficient (Wildman–Crippen LogP) is 3.30. The molecule has 6 heteroatoms. The molecule has 0 unspecified atom stereocenters. The van der Waals surface area contributed by atoms with E-state index < -0.39 is 0 Å². The number of amides is 1. The van der Waals surface area contributed by atoms with E-state index in [1.54, 1.807) is 4.90 Å². The van der Waals surface area contributed by atoms with Crippen LogP contribution in [-0.4, -0.2) is 47.1 Å². The summed E-state index contributed by atoms with van der Waals surface area (Å²) in [6, 6.07) is 13.8. The Hall–Kier alpha value is -1.92. The van der Waals surface area contributed by atoms with Crippen LogP contribution in [0.25, 0.3) is 0 Å². The first-order chi connectivity index (χ1) is 11.7. The Morgan fingerprint density at radius 2 is 1.83 bits per heavy atom. The molecule has 126 valence electrons. The van der Waals surface area contributed by atoms with E-state index >= 15 is 0 Å². The van der Waals surface area contributed by atoms with Gasteiger partial charge in [-0.25, -0.2) is 4.79 Å². The van der Waals surface area contributed by atoms with E-state index in [4.69, 9.17) is 4.74 Å². The highest BCUT2D eigenvalue weighted by atomic mass is 79.9. The van der Waals surface area contributed by atoms with E-state index in [9.17, 15) is 4.79 Å². The summed E-state index contributed by atoms with van der Waals surface area (Å²) in [6.07, 6.45) is 1.58. The standard InChI is InChI=1S/C18H20BrN3O2/c19-16-6-7-17(20-12-16)13-21-8-10-22(11-9-21)18(23)24-14-15-4-2-1-3-5-15/h1-7,12H,8-11,13-14H2. The van der Waals surface area contributed by atoms with Crippen LogP contribution in [0.1, 0.15) is 11.3 Å². The smallest absolute Gasteiger partial charge is 0.410 e. The molecule has 0 spiro atoms. The van der Waals surface area contributed by atoms with E-state index in [1.165, 1.54) is 0 Å². The molecular formula is C18H20BrN3O2. The van der Waals surface area contributed by atoms with Crippen LogP contribution in [0.3, 0.4) is 0 Å². The highest BCUT2D eigenvalue weighted by Gasteiger charge is 2.22. The van der Waals surface area contributed by atoms with Gasteiger partial charge in [-0.15, -0.1) is 0 Å². The van der Waals surface area contributed by atoms with Crippen molar-refractivity contribution in [3.8, 4) is 0 Å². The van der Waals surface area contributed by atoms with Crippen molar-refractivity contribution in [3.63, 3.8) is 0 Å². The average molecular weight is 390 g/mol. The Morgan fingerprint density at radius 1 is 1.08 bits per heavy atom. The highest BCUT2D eigenvalue weighted by Crippen LogP contribution is 2.12. The molecule has 3 rings (SSSR count). The minimum Gasteiger partial charge on any atom is -0.445 e. The number of rotatable bonds is 4. The number of nitrogens with zero attached hydrogens (tertiary/aromatic N) is 3. The number of hydrogen-bond donors (Lipinski definition) is 0. The van der Waals surface area contributed by atoms with E-state index in [2.05, 4.69) is 25.8 Å². The molecule has 1 aliphatic rings. The average Bonchev–Trinajstić information content (AvgIpc) is 2.63. The molecule has 0 aliphatic carbocycles. The van der Waals surface area contributed by atoms with Crippen molar-refractivity contribution in [2.75, 3.05) is 26.2 Å². The molecule has 0 radical (unpaired) electrons. The van der Waals surface area contributed by atoms with Gasteiger partial charge >= 0.3 is 6.09 Å². The van der Waals surface area contributed by atoms with Crippen molar-refractivity contribution in [3.05, 3.63) is 64.4 Å². The highest BCUT2D eigenvalue weighted by molar-refractivity contribution is 9.10. The fraction of sp³-hybridized carbons (Fsp3) is 0.333. The normalized spacial score (nSPS) is 15.3. The van der Waals surface area contributed by atoms with Gasteiger partial charge in [0.1, 0.15) is 6.61 Å². The monoisotopic (exact) mass is 389 g/mol. The number of halogens is 1. The second-order valence-electron chi connectivity index (χ2n) is 5.77. The predicted molar refractivity (Wildman–Crippen MR) is 95.4 cm³/mol. The third-order valence-electron chi connectivity index (χ3n) is 4.01. The minimum absolute atomic E-state index is 0.236. The molecule has 0 atom stereocenters. The van der Waals surface area contributed by atoms with Gasteiger partial charge in [0.05, 0.1) is 5.69 Å². The Kier molecular flexibility index (Phi) is 5.82. The second kappa shape index (κ2) is 8.26. The quantitative estimate of drug-likeness (QED) is 0.804. The van der Waals surface area contributed by atoms with E-state index in [-0.39, 0.29) is 6.09 Å². The minimum atomic E-state index is -0.236. The summed E-state index contributed by atoms with van der Waals surface area (Å²) in [5.74, 6) is 0. The molecular weight excluding hydrogens is 370 g/mol. The van der Waals surface area contributed by atoms with Crippen molar-refractivity contribution in [2.24, 2.45) is 0 Å². The molecule has 24 heavy (non-hydrogen) atoms. The summed E-state index contributed by atoms with van der Waals surface area (Å²) >= 11 is 3.39. The van der Waals surface area contributed by atoms with Gasteiger partial charge in [-0.05, 0) is 33.6 Å². The van der Waals surface area contributed by atoms with Crippen molar-refractivity contribution in [2.45, 2.75) is 13.2 Å². The van der Waals surface area contributed by atoms with Gasteiger partial charge in [0.25, 0.3) is 0 Å². The molecule has 2 aromatic rings. The van der Waals surface area contributed by atoms with Crippen LogP contribution in [-0.2, 0) is 17.9 Å².